The van der Waals surface area contributed by atoms with Gasteiger partial charge < -0.3 is 14.9 Å². The van der Waals surface area contributed by atoms with Crippen molar-refractivity contribution in [3.8, 4) is 28.1 Å². The Kier molecular flexibility index (Phi) is 5.61. The zero-order valence-corrected chi connectivity index (χ0v) is 22.9. The summed E-state index contributed by atoms with van der Waals surface area (Å²) >= 11 is 6.32. The second kappa shape index (κ2) is 9.24. The molecule has 8 rings (SSSR count). The molecule has 43 heavy (non-hydrogen) atoms. The second-order valence-corrected chi connectivity index (χ2v) is 11.6. The number of aryl methyl sites for hydroxylation is 1. The van der Waals surface area contributed by atoms with Crippen LogP contribution < -0.4 is 10.9 Å². The van der Waals surface area contributed by atoms with E-state index in [1.165, 1.54) is 23.1 Å². The number of pyridine rings is 1. The third-order valence-corrected chi connectivity index (χ3v) is 8.87. The summed E-state index contributed by atoms with van der Waals surface area (Å²) in [6, 6.07) is 11.4. The number of nitrogens with one attached hydrogen (secondary N) is 2. The zero-order valence-electron chi connectivity index (χ0n) is 22.1. The number of benzene rings is 2. The number of aromatic nitrogens is 7. The lowest BCUT2D eigenvalue weighted by molar-refractivity contribution is -0.144. The third-order valence-electron chi connectivity index (χ3n) is 8.63. The Morgan fingerprint density at radius 2 is 1.91 bits per heavy atom. The predicted octanol–water partition coefficient (Wildman–Crippen LogP) is 5.67. The summed E-state index contributed by atoms with van der Waals surface area (Å²) in [5.74, 6) is -0.140. The van der Waals surface area contributed by atoms with Crippen LogP contribution in [0.1, 0.15) is 41.9 Å². The summed E-state index contributed by atoms with van der Waals surface area (Å²) in [5, 5.41) is 14.4. The Labute approximate surface area is 245 Å². The lowest BCUT2D eigenvalue weighted by Gasteiger charge is -2.28. The van der Waals surface area contributed by atoms with Crippen LogP contribution in [0.3, 0.4) is 0 Å². The molecule has 0 bridgehead atoms. The van der Waals surface area contributed by atoms with Crippen molar-refractivity contribution in [3.05, 3.63) is 93.3 Å². The van der Waals surface area contributed by atoms with Gasteiger partial charge in [0.2, 0.25) is 5.95 Å². The van der Waals surface area contributed by atoms with Crippen molar-refractivity contribution in [3.63, 3.8) is 0 Å². The Bertz CT molecular complexity index is 1970. The molecule has 3 aliphatic rings. The lowest BCUT2D eigenvalue weighted by atomic mass is 9.95. The highest BCUT2D eigenvalue weighted by Gasteiger charge is 2.54. The van der Waals surface area contributed by atoms with Crippen molar-refractivity contribution in [2.45, 2.75) is 43.4 Å². The normalized spacial score (nSPS) is 22.1. The largest absolute Gasteiger partial charge is 0.408 e. The fourth-order valence-corrected chi connectivity index (χ4v) is 6.74. The standard InChI is InChI=1S/C29H21ClF4N8O/c30-16-3-5-21(41-12-35-39-40-41)17(10-16)15-8-22-18-11-19(18)26(42(22)24(43)9-15)28-37-25(27(31)38-28)14-1-4-20-13(7-14)2-6-23(36-20)29(32,33)34/h1,3-5,7-10,12,18-19,23,26,36H,2,6,11H2,(H,37,38). The van der Waals surface area contributed by atoms with Gasteiger partial charge in [-0.1, -0.05) is 17.7 Å². The van der Waals surface area contributed by atoms with Gasteiger partial charge in [-0.15, -0.1) is 5.10 Å². The highest BCUT2D eigenvalue weighted by atomic mass is 35.5. The number of aromatic amines is 1. The smallest absolute Gasteiger partial charge is 0.374 e. The second-order valence-electron chi connectivity index (χ2n) is 11.2. The first-order valence-corrected chi connectivity index (χ1v) is 14.1. The van der Waals surface area contributed by atoms with Crippen LogP contribution in [0.5, 0.6) is 0 Å². The van der Waals surface area contributed by atoms with Gasteiger partial charge >= 0.3 is 6.18 Å². The maximum Gasteiger partial charge on any atom is 0.408 e. The monoisotopic (exact) mass is 608 g/mol. The molecule has 1 fully saturated rings. The maximum atomic E-state index is 15.3. The lowest BCUT2D eigenvalue weighted by Crippen LogP contribution is -2.39. The fourth-order valence-electron chi connectivity index (χ4n) is 6.56. The highest BCUT2D eigenvalue weighted by molar-refractivity contribution is 6.31. The Morgan fingerprint density at radius 1 is 1.05 bits per heavy atom. The van der Waals surface area contributed by atoms with Crippen molar-refractivity contribution in [2.75, 3.05) is 5.32 Å². The summed E-state index contributed by atoms with van der Waals surface area (Å²) in [6.45, 7) is 0. The summed E-state index contributed by atoms with van der Waals surface area (Å²) in [4.78, 5) is 21.0. The number of anilines is 1. The van der Waals surface area contributed by atoms with E-state index in [1.54, 1.807) is 34.9 Å². The van der Waals surface area contributed by atoms with Crippen molar-refractivity contribution < 1.29 is 17.6 Å². The van der Waals surface area contributed by atoms with Crippen LogP contribution in [-0.4, -0.2) is 47.0 Å². The van der Waals surface area contributed by atoms with E-state index in [9.17, 15) is 18.0 Å². The molecule has 5 heterocycles. The topological polar surface area (TPSA) is 106 Å². The van der Waals surface area contributed by atoms with Gasteiger partial charge in [0.25, 0.3) is 5.56 Å². The van der Waals surface area contributed by atoms with Gasteiger partial charge in [-0.2, -0.15) is 22.2 Å². The Morgan fingerprint density at radius 3 is 2.70 bits per heavy atom. The SMILES string of the molecule is O=c1cc(-c2cc(Cl)ccc2-n2cnnn2)cc2n1C(c1nc(-c3ccc4c(c3)CCC(C(F)(F)F)N4)c(F)[nH]1)C1CC21. The quantitative estimate of drug-likeness (QED) is 0.255. The minimum absolute atomic E-state index is 0.0658. The number of H-pyrrole nitrogens is 1. The Balaban J connectivity index is 1.14. The van der Waals surface area contributed by atoms with Crippen LogP contribution in [0.4, 0.5) is 23.2 Å². The minimum Gasteiger partial charge on any atom is -0.374 e. The first-order valence-electron chi connectivity index (χ1n) is 13.7. The zero-order chi connectivity index (χ0) is 29.6. The molecule has 0 amide bonds. The van der Waals surface area contributed by atoms with Gasteiger partial charge in [0, 0.05) is 39.5 Å². The van der Waals surface area contributed by atoms with E-state index in [1.807, 2.05) is 6.07 Å². The molecular formula is C29H21ClF4N8O. The molecule has 4 atom stereocenters. The van der Waals surface area contributed by atoms with Crippen LogP contribution in [0.2, 0.25) is 5.02 Å². The molecule has 218 valence electrons. The number of rotatable bonds is 4. The molecule has 0 saturated heterocycles. The summed E-state index contributed by atoms with van der Waals surface area (Å²) in [7, 11) is 0. The number of tetrazole rings is 1. The van der Waals surface area contributed by atoms with Gasteiger partial charge in [-0.05, 0) is 83.1 Å². The van der Waals surface area contributed by atoms with E-state index in [2.05, 4.69) is 30.8 Å². The fraction of sp³-hybridized carbons (Fsp3) is 0.276. The molecule has 0 spiro atoms. The van der Waals surface area contributed by atoms with Gasteiger partial charge in [-0.3, -0.25) is 4.79 Å². The Hall–Kier alpha value is -4.52. The van der Waals surface area contributed by atoms with Crippen molar-refractivity contribution >= 4 is 17.3 Å². The van der Waals surface area contributed by atoms with E-state index < -0.39 is 24.2 Å². The summed E-state index contributed by atoms with van der Waals surface area (Å²) in [5.41, 5.74) is 4.15. The van der Waals surface area contributed by atoms with Gasteiger partial charge in [0.15, 0.2) is 0 Å². The average molecular weight is 609 g/mol. The molecule has 1 saturated carbocycles. The molecule has 2 aliphatic heterocycles. The van der Waals surface area contributed by atoms with Crippen LogP contribution in [0.25, 0.3) is 28.1 Å². The van der Waals surface area contributed by atoms with E-state index in [4.69, 9.17) is 11.6 Å². The van der Waals surface area contributed by atoms with E-state index >= 15 is 4.39 Å². The number of hydrogen-bond acceptors (Lipinski definition) is 6. The maximum absolute atomic E-state index is 15.3. The number of hydrogen-bond donors (Lipinski definition) is 2. The minimum atomic E-state index is -4.35. The predicted molar refractivity (Wildman–Crippen MR) is 149 cm³/mol. The van der Waals surface area contributed by atoms with Crippen molar-refractivity contribution in [2.24, 2.45) is 5.92 Å². The van der Waals surface area contributed by atoms with Gasteiger partial charge in [0.1, 0.15) is 23.9 Å². The van der Waals surface area contributed by atoms with Crippen LogP contribution in [0.15, 0.2) is 59.7 Å². The molecule has 4 unspecified atom stereocenters. The number of halogens is 5. The molecular weight excluding hydrogens is 588 g/mol. The molecule has 2 aromatic carbocycles. The van der Waals surface area contributed by atoms with E-state index in [0.29, 0.717) is 44.5 Å². The molecule has 14 heteroatoms. The molecule has 2 N–H and O–H groups in total. The molecule has 1 aliphatic carbocycles. The molecule has 9 nitrogen and oxygen atoms in total. The van der Waals surface area contributed by atoms with Crippen LogP contribution in [-0.2, 0) is 6.42 Å². The summed E-state index contributed by atoms with van der Waals surface area (Å²) < 4.78 is 58.0. The van der Waals surface area contributed by atoms with Crippen LogP contribution in [0, 0.1) is 11.9 Å². The number of fused-ring (bicyclic) bond motifs is 4. The molecule has 3 aromatic heterocycles. The first-order chi connectivity index (χ1) is 20.7. The average Bonchev–Trinajstić information content (AvgIpc) is 3.28. The van der Waals surface area contributed by atoms with Crippen LogP contribution >= 0.6 is 11.6 Å². The highest BCUT2D eigenvalue weighted by Crippen LogP contribution is 2.60. The summed E-state index contributed by atoms with van der Waals surface area (Å²) in [6.07, 6.45) is -1.96. The van der Waals surface area contributed by atoms with E-state index in [0.717, 1.165) is 12.1 Å². The number of imidazole rings is 1. The van der Waals surface area contributed by atoms with Crippen molar-refractivity contribution in [1.82, 2.24) is 34.7 Å². The van der Waals surface area contributed by atoms with E-state index in [-0.39, 0.29) is 35.9 Å². The molecule has 0 radical (unpaired) electrons. The van der Waals surface area contributed by atoms with Crippen molar-refractivity contribution in [1.29, 1.82) is 0 Å². The number of alkyl halides is 3. The van der Waals surface area contributed by atoms with Gasteiger partial charge in [-0.25, -0.2) is 4.98 Å². The molecule has 5 aromatic rings. The van der Waals surface area contributed by atoms with Gasteiger partial charge in [0.05, 0.1) is 11.7 Å². The number of nitrogens with zero attached hydrogens (tertiary/aromatic N) is 6. The third kappa shape index (κ3) is 4.24. The first kappa shape index (κ1) is 26.1.